The van der Waals surface area contributed by atoms with Crippen molar-refractivity contribution >= 4 is 35.3 Å². The largest absolute Gasteiger partial charge is 0.389 e. The van der Waals surface area contributed by atoms with E-state index < -0.39 is 5.60 Å². The normalized spacial score (nSPS) is 12.9. The molecule has 0 fully saturated rings. The molecule has 4 aromatic rings. The van der Waals surface area contributed by atoms with Crippen molar-refractivity contribution in [2.45, 2.75) is 62.7 Å². The summed E-state index contributed by atoms with van der Waals surface area (Å²) in [5.41, 5.74) is 0.507. The van der Waals surface area contributed by atoms with Crippen LogP contribution in [0.25, 0.3) is 0 Å². The van der Waals surface area contributed by atoms with Gasteiger partial charge in [0.05, 0.1) is 9.68 Å². The van der Waals surface area contributed by atoms with Crippen LogP contribution in [-0.2, 0) is 6.42 Å². The second kappa shape index (κ2) is 12.9. The van der Waals surface area contributed by atoms with E-state index in [1.165, 1.54) is 20.2 Å². The van der Waals surface area contributed by atoms with Gasteiger partial charge >= 0.3 is 0 Å². The van der Waals surface area contributed by atoms with Crippen LogP contribution >= 0.6 is 35.3 Å². The highest BCUT2D eigenvalue weighted by atomic mass is 32.2. The lowest BCUT2D eigenvalue weighted by Gasteiger charge is -2.40. The fourth-order valence-electron chi connectivity index (χ4n) is 4.08. The van der Waals surface area contributed by atoms with E-state index in [-0.39, 0.29) is 9.33 Å². The van der Waals surface area contributed by atoms with Gasteiger partial charge in [-0.25, -0.2) is 0 Å². The molecule has 0 amide bonds. The molecule has 0 saturated heterocycles. The zero-order valence-electron chi connectivity index (χ0n) is 20.9. The van der Waals surface area contributed by atoms with Crippen LogP contribution in [-0.4, -0.2) is 20.0 Å². The van der Waals surface area contributed by atoms with Gasteiger partial charge in [0.25, 0.3) is 0 Å². The Morgan fingerprint density at radius 1 is 0.611 bits per heavy atom. The Kier molecular flexibility index (Phi) is 9.66. The summed E-state index contributed by atoms with van der Waals surface area (Å²) in [7, 11) is 0. The minimum absolute atomic E-state index is 0.0168. The van der Waals surface area contributed by atoms with Gasteiger partial charge in [0.1, 0.15) is 0 Å². The summed E-state index contributed by atoms with van der Waals surface area (Å²) >= 11 is 5.68. The third kappa shape index (κ3) is 8.21. The van der Waals surface area contributed by atoms with Gasteiger partial charge in [0.15, 0.2) is 0 Å². The summed E-state index contributed by atoms with van der Waals surface area (Å²) in [6.07, 6.45) is 2.81. The van der Waals surface area contributed by atoms with Gasteiger partial charge in [0.2, 0.25) is 0 Å². The molecule has 1 N–H and O–H groups in total. The van der Waals surface area contributed by atoms with Crippen molar-refractivity contribution in [2.75, 3.05) is 0 Å². The van der Waals surface area contributed by atoms with E-state index in [4.69, 9.17) is 0 Å². The van der Waals surface area contributed by atoms with E-state index >= 15 is 0 Å². The molecule has 4 aromatic carbocycles. The summed E-state index contributed by atoms with van der Waals surface area (Å²) in [5, 5.41) is 11.4. The van der Waals surface area contributed by atoms with Gasteiger partial charge < -0.3 is 5.11 Å². The Morgan fingerprint density at radius 3 is 1.47 bits per heavy atom. The number of rotatable bonds is 12. The van der Waals surface area contributed by atoms with Crippen molar-refractivity contribution in [3.63, 3.8) is 0 Å². The lowest BCUT2D eigenvalue weighted by Crippen LogP contribution is -2.39. The van der Waals surface area contributed by atoms with Crippen LogP contribution in [0.5, 0.6) is 0 Å². The van der Waals surface area contributed by atoms with Crippen LogP contribution in [0, 0.1) is 0 Å². The maximum Gasteiger partial charge on any atom is 0.0720 e. The summed E-state index contributed by atoms with van der Waals surface area (Å²) in [4.78, 5) is 3.71. The topological polar surface area (TPSA) is 20.2 Å². The van der Waals surface area contributed by atoms with Crippen molar-refractivity contribution in [3.05, 3.63) is 127 Å². The second-order valence-electron chi connectivity index (χ2n) is 9.50. The average molecular weight is 531 g/mol. The molecular weight excluding hydrogens is 497 g/mol. The average Bonchev–Trinajstić information content (AvgIpc) is 2.89. The minimum Gasteiger partial charge on any atom is -0.389 e. The molecule has 4 rings (SSSR count). The van der Waals surface area contributed by atoms with Crippen LogP contribution in [0.2, 0.25) is 0 Å². The highest BCUT2D eigenvalue weighted by molar-refractivity contribution is 8.18. The monoisotopic (exact) mass is 530 g/mol. The van der Waals surface area contributed by atoms with Gasteiger partial charge in [0, 0.05) is 19.9 Å². The Morgan fingerprint density at radius 2 is 1.03 bits per heavy atom. The first-order valence-electron chi connectivity index (χ1n) is 12.4. The zero-order chi connectivity index (χ0) is 25.3. The first-order chi connectivity index (χ1) is 17.4. The molecule has 0 spiro atoms. The van der Waals surface area contributed by atoms with Gasteiger partial charge in [-0.15, -0.1) is 35.3 Å². The van der Waals surface area contributed by atoms with Crippen LogP contribution in [0.1, 0.15) is 32.3 Å². The summed E-state index contributed by atoms with van der Waals surface area (Å²) in [6, 6.07) is 42.7. The van der Waals surface area contributed by atoms with E-state index in [2.05, 4.69) is 115 Å². The molecular formula is C32H34OS3. The predicted octanol–water partition coefficient (Wildman–Crippen LogP) is 9.22. The predicted molar refractivity (Wildman–Crippen MR) is 159 cm³/mol. The first-order valence-corrected chi connectivity index (χ1v) is 14.9. The highest BCUT2D eigenvalue weighted by Crippen LogP contribution is 2.54. The molecule has 0 bridgehead atoms. The Bertz CT molecular complexity index is 1120. The standard InChI is InChI=1S/C32H34OS3/c1-31(2,33)30(34-27-17-9-4-10-18-27)25-32(35-28-19-11-5-12-20-28,36-29-21-13-6-14-22-29)24-23-26-15-7-3-8-16-26/h3-22,30,33H,23-25H2,1-2H3. The third-order valence-corrected chi connectivity index (χ3v) is 10.6. The molecule has 0 radical (unpaired) electrons. The number of aliphatic hydroxyl groups is 1. The van der Waals surface area contributed by atoms with Gasteiger partial charge in [-0.2, -0.15) is 0 Å². The Labute approximate surface area is 229 Å². The minimum atomic E-state index is -0.840. The molecule has 186 valence electrons. The maximum absolute atomic E-state index is 11.4. The van der Waals surface area contributed by atoms with E-state index in [0.717, 1.165) is 19.3 Å². The van der Waals surface area contributed by atoms with Crippen LogP contribution in [0.15, 0.2) is 136 Å². The van der Waals surface area contributed by atoms with Crippen LogP contribution < -0.4 is 0 Å². The van der Waals surface area contributed by atoms with Crippen molar-refractivity contribution in [1.29, 1.82) is 0 Å². The lowest BCUT2D eigenvalue weighted by atomic mass is 9.97. The van der Waals surface area contributed by atoms with E-state index in [0.29, 0.717) is 0 Å². The van der Waals surface area contributed by atoms with Crippen molar-refractivity contribution < 1.29 is 5.11 Å². The van der Waals surface area contributed by atoms with Crippen LogP contribution in [0.4, 0.5) is 0 Å². The number of thioether (sulfide) groups is 3. The summed E-state index contributed by atoms with van der Waals surface area (Å²) in [5.74, 6) is 0. The molecule has 1 nitrogen and oxygen atoms in total. The van der Waals surface area contributed by atoms with Crippen molar-refractivity contribution in [2.24, 2.45) is 0 Å². The third-order valence-electron chi connectivity index (χ3n) is 6.04. The van der Waals surface area contributed by atoms with Crippen LogP contribution in [0.3, 0.4) is 0 Å². The van der Waals surface area contributed by atoms with Crippen molar-refractivity contribution in [3.8, 4) is 0 Å². The summed E-state index contributed by atoms with van der Waals surface area (Å²) in [6.45, 7) is 3.91. The maximum atomic E-state index is 11.4. The molecule has 1 atom stereocenters. The SMILES string of the molecule is CC(C)(O)C(CC(CCc1ccccc1)(Sc1ccccc1)Sc1ccccc1)Sc1ccccc1. The number of aryl methyl sites for hydroxylation is 1. The van der Waals surface area contributed by atoms with Gasteiger partial charge in [-0.1, -0.05) is 84.9 Å². The van der Waals surface area contributed by atoms with Crippen molar-refractivity contribution in [1.82, 2.24) is 0 Å². The molecule has 0 heterocycles. The lowest BCUT2D eigenvalue weighted by molar-refractivity contribution is 0.0742. The molecule has 0 aromatic heterocycles. The van der Waals surface area contributed by atoms with E-state index in [1.807, 2.05) is 43.4 Å². The number of benzene rings is 4. The molecule has 0 aliphatic carbocycles. The second-order valence-corrected chi connectivity index (χ2v) is 14.0. The fourth-order valence-corrected chi connectivity index (χ4v) is 8.68. The number of hydrogen-bond donors (Lipinski definition) is 1. The molecule has 0 aliphatic heterocycles. The van der Waals surface area contributed by atoms with Gasteiger partial charge in [-0.3, -0.25) is 0 Å². The molecule has 36 heavy (non-hydrogen) atoms. The van der Waals surface area contributed by atoms with Gasteiger partial charge in [-0.05, 0) is 75.1 Å². The molecule has 0 aliphatic rings. The Hall–Kier alpha value is -2.11. The first kappa shape index (κ1) is 26.9. The molecule has 0 saturated carbocycles. The highest BCUT2D eigenvalue weighted by Gasteiger charge is 2.40. The Balaban J connectivity index is 1.72. The number of hydrogen-bond acceptors (Lipinski definition) is 4. The quantitative estimate of drug-likeness (QED) is 0.145. The fraction of sp³-hybridized carbons (Fsp3) is 0.250. The summed E-state index contributed by atoms with van der Waals surface area (Å²) < 4.78 is -0.176. The van der Waals surface area contributed by atoms with E-state index in [1.54, 1.807) is 11.8 Å². The van der Waals surface area contributed by atoms with E-state index in [9.17, 15) is 5.11 Å². The molecule has 4 heteroatoms. The molecule has 1 unspecified atom stereocenters. The zero-order valence-corrected chi connectivity index (χ0v) is 23.4. The smallest absolute Gasteiger partial charge is 0.0720 e.